The number of anilines is 1. The number of aromatic amines is 1. The molecule has 2 heterocycles. The number of hydrogen-bond donors (Lipinski definition) is 2. The second-order valence-corrected chi connectivity index (χ2v) is 7.25. The van der Waals surface area contributed by atoms with Crippen LogP contribution in [-0.4, -0.2) is 26.8 Å². The van der Waals surface area contributed by atoms with E-state index in [4.69, 9.17) is 12.2 Å². The fourth-order valence-electron chi connectivity index (χ4n) is 2.62. The predicted molar refractivity (Wildman–Crippen MR) is 105 cm³/mol. The van der Waals surface area contributed by atoms with Crippen LogP contribution in [0.25, 0.3) is 15.9 Å². The molecule has 1 amide bonds. The number of hydrogen-bond acceptors (Lipinski definition) is 5. The lowest BCUT2D eigenvalue weighted by Gasteiger charge is -2.07. The summed E-state index contributed by atoms with van der Waals surface area (Å²) in [6, 6.07) is 10.6. The minimum atomic E-state index is -4.77. The van der Waals surface area contributed by atoms with E-state index in [1.54, 1.807) is 41.2 Å². The first kappa shape index (κ1) is 19.2. The number of thiazole rings is 1. The number of rotatable bonds is 4. The van der Waals surface area contributed by atoms with Gasteiger partial charge in [0.1, 0.15) is 5.75 Å². The Morgan fingerprint density at radius 1 is 1.21 bits per heavy atom. The van der Waals surface area contributed by atoms with E-state index in [-0.39, 0.29) is 16.8 Å². The van der Waals surface area contributed by atoms with Crippen LogP contribution >= 0.6 is 23.6 Å². The Morgan fingerprint density at radius 3 is 2.62 bits per heavy atom. The van der Waals surface area contributed by atoms with E-state index in [1.165, 1.54) is 18.2 Å². The van der Waals surface area contributed by atoms with Gasteiger partial charge in [0.05, 0.1) is 10.2 Å². The molecule has 148 valence electrons. The summed E-state index contributed by atoms with van der Waals surface area (Å²) in [4.78, 5) is 19.6. The number of fused-ring (bicyclic) bond motifs is 1. The number of ether oxygens (including phenoxy) is 1. The van der Waals surface area contributed by atoms with Crippen molar-refractivity contribution in [3.63, 3.8) is 0 Å². The second-order valence-electron chi connectivity index (χ2n) is 5.83. The van der Waals surface area contributed by atoms with E-state index in [2.05, 4.69) is 20.0 Å². The molecule has 4 rings (SSSR count). The van der Waals surface area contributed by atoms with Gasteiger partial charge in [-0.15, -0.1) is 13.2 Å². The Balaban J connectivity index is 1.51. The molecule has 0 aliphatic rings. The maximum Gasteiger partial charge on any atom is 0.573 e. The van der Waals surface area contributed by atoms with Gasteiger partial charge in [0, 0.05) is 29.7 Å². The van der Waals surface area contributed by atoms with E-state index >= 15 is 0 Å². The summed E-state index contributed by atoms with van der Waals surface area (Å²) in [7, 11) is 0. The van der Waals surface area contributed by atoms with Crippen LogP contribution in [0.4, 0.5) is 18.3 Å². The van der Waals surface area contributed by atoms with Crippen molar-refractivity contribution in [1.82, 2.24) is 14.5 Å². The van der Waals surface area contributed by atoms with E-state index in [0.717, 1.165) is 17.0 Å². The highest BCUT2D eigenvalue weighted by Crippen LogP contribution is 2.31. The zero-order valence-corrected chi connectivity index (χ0v) is 16.0. The molecule has 0 aliphatic carbocycles. The average Bonchev–Trinajstić information content (AvgIpc) is 3.25. The van der Waals surface area contributed by atoms with Gasteiger partial charge in [-0.2, -0.15) is 0 Å². The number of nitrogens with one attached hydrogen (secondary N) is 2. The Labute approximate surface area is 170 Å². The highest BCUT2D eigenvalue weighted by atomic mass is 32.1. The van der Waals surface area contributed by atoms with Gasteiger partial charge >= 0.3 is 6.36 Å². The van der Waals surface area contributed by atoms with Gasteiger partial charge in [-0.25, -0.2) is 4.98 Å². The van der Waals surface area contributed by atoms with E-state index in [9.17, 15) is 18.0 Å². The third-order valence-corrected chi connectivity index (χ3v) is 5.12. The van der Waals surface area contributed by atoms with Crippen LogP contribution in [0.5, 0.6) is 5.75 Å². The van der Waals surface area contributed by atoms with Crippen molar-refractivity contribution in [2.45, 2.75) is 6.36 Å². The normalized spacial score (nSPS) is 11.6. The summed E-state index contributed by atoms with van der Waals surface area (Å²) in [6.45, 7) is 0. The molecule has 0 saturated carbocycles. The van der Waals surface area contributed by atoms with Crippen LogP contribution < -0.4 is 10.1 Å². The van der Waals surface area contributed by atoms with Crippen molar-refractivity contribution in [2.75, 3.05) is 5.32 Å². The standard InChI is InChI=1S/C18H11F3N4O2S2/c19-18(20,21)27-12-5-6-13-14(9-12)29-16(23-13)24-15(26)10-1-3-11(4-2-10)25-8-7-22-17(25)28/h1-9H,(H,22,28)(H,23,24,26). The van der Waals surface area contributed by atoms with Gasteiger partial charge in [0.2, 0.25) is 0 Å². The molecule has 0 spiro atoms. The summed E-state index contributed by atoms with van der Waals surface area (Å²) < 4.78 is 43.7. The summed E-state index contributed by atoms with van der Waals surface area (Å²) in [5.74, 6) is -0.731. The third-order valence-electron chi connectivity index (χ3n) is 3.87. The van der Waals surface area contributed by atoms with Crippen LogP contribution in [-0.2, 0) is 0 Å². The van der Waals surface area contributed by atoms with Crippen molar-refractivity contribution in [2.24, 2.45) is 0 Å². The second kappa shape index (κ2) is 7.33. The number of amides is 1. The fraction of sp³-hybridized carbons (Fsp3) is 0.0556. The molecule has 0 fully saturated rings. The molecule has 11 heteroatoms. The van der Waals surface area contributed by atoms with Crippen molar-refractivity contribution in [1.29, 1.82) is 0 Å². The zero-order valence-electron chi connectivity index (χ0n) is 14.4. The van der Waals surface area contributed by atoms with Crippen molar-refractivity contribution >= 4 is 44.8 Å². The van der Waals surface area contributed by atoms with Crippen molar-refractivity contribution < 1.29 is 22.7 Å². The van der Waals surface area contributed by atoms with Crippen LogP contribution in [0.15, 0.2) is 54.9 Å². The molecule has 0 unspecified atom stereocenters. The Bertz CT molecular complexity index is 1240. The highest BCUT2D eigenvalue weighted by Gasteiger charge is 2.31. The molecule has 0 atom stereocenters. The molecule has 0 bridgehead atoms. The highest BCUT2D eigenvalue weighted by molar-refractivity contribution is 7.71. The number of benzene rings is 2. The Morgan fingerprint density at radius 2 is 1.97 bits per heavy atom. The van der Waals surface area contributed by atoms with Crippen molar-refractivity contribution in [3.8, 4) is 11.4 Å². The first-order valence-electron chi connectivity index (χ1n) is 8.13. The summed E-state index contributed by atoms with van der Waals surface area (Å²) in [5, 5.41) is 2.92. The van der Waals surface area contributed by atoms with Gasteiger partial charge in [-0.1, -0.05) is 11.3 Å². The maximum absolute atomic E-state index is 12.5. The Hall–Kier alpha value is -3.18. The quantitative estimate of drug-likeness (QED) is 0.426. The molecule has 29 heavy (non-hydrogen) atoms. The van der Waals surface area contributed by atoms with Gasteiger partial charge in [-0.3, -0.25) is 14.7 Å². The molecule has 2 aromatic carbocycles. The van der Waals surface area contributed by atoms with Gasteiger partial charge in [0.15, 0.2) is 9.90 Å². The molecule has 0 aliphatic heterocycles. The molecule has 6 nitrogen and oxygen atoms in total. The first-order valence-corrected chi connectivity index (χ1v) is 9.35. The third kappa shape index (κ3) is 4.30. The number of nitrogens with zero attached hydrogens (tertiary/aromatic N) is 2. The number of H-pyrrole nitrogens is 1. The van der Waals surface area contributed by atoms with Gasteiger partial charge in [-0.05, 0) is 48.6 Å². The largest absolute Gasteiger partial charge is 0.573 e. The summed E-state index contributed by atoms with van der Waals surface area (Å²) in [6.07, 6.45) is -1.29. The molecule has 2 N–H and O–H groups in total. The van der Waals surface area contributed by atoms with E-state index in [1.807, 2.05) is 0 Å². The number of carbonyl (C=O) groups is 1. The smallest absolute Gasteiger partial charge is 0.406 e. The number of halogens is 3. The minimum Gasteiger partial charge on any atom is -0.406 e. The van der Waals surface area contributed by atoms with E-state index < -0.39 is 6.36 Å². The van der Waals surface area contributed by atoms with Crippen molar-refractivity contribution in [3.05, 3.63) is 65.2 Å². The van der Waals surface area contributed by atoms with Crippen LogP contribution in [0.1, 0.15) is 10.4 Å². The van der Waals surface area contributed by atoms with Crippen LogP contribution in [0.2, 0.25) is 0 Å². The molecule has 4 aromatic rings. The topological polar surface area (TPSA) is 71.9 Å². The number of carbonyl (C=O) groups excluding carboxylic acids is 1. The zero-order chi connectivity index (χ0) is 20.6. The first-order chi connectivity index (χ1) is 13.8. The fourth-order valence-corrected chi connectivity index (χ4v) is 3.75. The summed E-state index contributed by atoms with van der Waals surface area (Å²) >= 11 is 6.21. The number of alkyl halides is 3. The molecular formula is C18H11F3N4O2S2. The SMILES string of the molecule is O=C(Nc1nc2ccc(OC(F)(F)F)cc2s1)c1ccc(-n2cc[nH]c2=S)cc1. The number of aromatic nitrogens is 3. The molecule has 2 aromatic heterocycles. The minimum absolute atomic E-state index is 0.270. The molecule has 0 saturated heterocycles. The van der Waals surface area contributed by atoms with Gasteiger partial charge in [0.25, 0.3) is 5.91 Å². The monoisotopic (exact) mass is 436 g/mol. The van der Waals surface area contributed by atoms with E-state index in [0.29, 0.717) is 20.6 Å². The lowest BCUT2D eigenvalue weighted by atomic mass is 10.2. The van der Waals surface area contributed by atoms with Crippen LogP contribution in [0.3, 0.4) is 0 Å². The average molecular weight is 436 g/mol. The molecular weight excluding hydrogens is 425 g/mol. The Kier molecular flexibility index (Phi) is 4.84. The maximum atomic E-state index is 12.5. The molecule has 0 radical (unpaired) electrons. The predicted octanol–water partition coefficient (Wildman–Crippen LogP) is 5.30. The number of imidazole rings is 1. The summed E-state index contributed by atoms with van der Waals surface area (Å²) in [5.41, 5.74) is 1.65. The van der Waals surface area contributed by atoms with Crippen LogP contribution in [0, 0.1) is 4.77 Å². The lowest BCUT2D eigenvalue weighted by Crippen LogP contribution is -2.16. The van der Waals surface area contributed by atoms with Gasteiger partial charge < -0.3 is 9.72 Å². The lowest BCUT2D eigenvalue weighted by molar-refractivity contribution is -0.274.